The van der Waals surface area contributed by atoms with Gasteiger partial charge in [-0.05, 0) is 39.8 Å². The van der Waals surface area contributed by atoms with Crippen molar-refractivity contribution in [1.29, 1.82) is 0 Å². The molecule has 0 aliphatic heterocycles. The second-order valence-corrected chi connectivity index (χ2v) is 5.85. The summed E-state index contributed by atoms with van der Waals surface area (Å²) >= 11 is 0. The lowest BCUT2D eigenvalue weighted by molar-refractivity contribution is -0.00531. The predicted octanol–water partition coefficient (Wildman–Crippen LogP) is 2.97. The predicted molar refractivity (Wildman–Crippen MR) is 76.0 cm³/mol. The molecule has 0 aliphatic carbocycles. The summed E-state index contributed by atoms with van der Waals surface area (Å²) in [4.78, 5) is 0. The van der Waals surface area contributed by atoms with Gasteiger partial charge in [0.05, 0.1) is 17.7 Å². The molecule has 2 N–H and O–H groups in total. The average molecular weight is 251 g/mol. The third-order valence-corrected chi connectivity index (χ3v) is 3.22. The van der Waals surface area contributed by atoms with Gasteiger partial charge in [0.15, 0.2) is 0 Å². The Labute approximate surface area is 110 Å². The van der Waals surface area contributed by atoms with Gasteiger partial charge >= 0.3 is 0 Å². The van der Waals surface area contributed by atoms with Crippen molar-refractivity contribution in [2.45, 2.75) is 45.3 Å². The van der Waals surface area contributed by atoms with E-state index in [1.54, 1.807) is 7.11 Å². The van der Waals surface area contributed by atoms with Crippen LogP contribution in [0.5, 0.6) is 0 Å². The normalized spacial score (nSPS) is 15.2. The molecule has 1 unspecified atom stereocenters. The van der Waals surface area contributed by atoms with Crippen LogP contribution < -0.4 is 5.32 Å². The standard InChI is InChI=1S/C15H25NO2/c1-12-6-8-13(9-7-12)16-15(4,11-17)10-14(2,3)18-5/h6-9,16-17H,10-11H2,1-5H3. The Morgan fingerprint density at radius 3 is 2.17 bits per heavy atom. The summed E-state index contributed by atoms with van der Waals surface area (Å²) in [6, 6.07) is 8.18. The Morgan fingerprint density at radius 2 is 1.72 bits per heavy atom. The fraction of sp³-hybridized carbons (Fsp3) is 0.600. The number of hydrogen-bond donors (Lipinski definition) is 2. The van der Waals surface area contributed by atoms with Gasteiger partial charge in [-0.3, -0.25) is 0 Å². The minimum absolute atomic E-state index is 0.0632. The molecule has 0 amide bonds. The topological polar surface area (TPSA) is 41.5 Å². The highest BCUT2D eigenvalue weighted by Crippen LogP contribution is 2.26. The molecule has 0 heterocycles. The molecule has 0 fully saturated rings. The quantitative estimate of drug-likeness (QED) is 0.816. The van der Waals surface area contributed by atoms with Gasteiger partial charge in [-0.1, -0.05) is 17.7 Å². The molecule has 3 heteroatoms. The summed E-state index contributed by atoms with van der Waals surface area (Å²) in [5.74, 6) is 0. The van der Waals surface area contributed by atoms with Crippen molar-refractivity contribution < 1.29 is 9.84 Å². The first-order valence-electron chi connectivity index (χ1n) is 6.31. The van der Waals surface area contributed by atoms with Crippen LogP contribution in [0.25, 0.3) is 0 Å². The van der Waals surface area contributed by atoms with Gasteiger partial charge in [-0.25, -0.2) is 0 Å². The van der Waals surface area contributed by atoms with E-state index in [2.05, 4.69) is 24.4 Å². The van der Waals surface area contributed by atoms with Crippen LogP contribution in [0, 0.1) is 6.92 Å². The maximum Gasteiger partial charge on any atom is 0.0659 e. The highest BCUT2D eigenvalue weighted by atomic mass is 16.5. The Kier molecular flexibility index (Phi) is 4.77. The molecule has 0 aliphatic rings. The maximum absolute atomic E-state index is 9.64. The van der Waals surface area contributed by atoms with Gasteiger partial charge in [0.2, 0.25) is 0 Å². The average Bonchev–Trinajstić information content (AvgIpc) is 2.32. The summed E-state index contributed by atoms with van der Waals surface area (Å²) in [6.07, 6.45) is 0.723. The van der Waals surface area contributed by atoms with Crippen LogP contribution in [0.1, 0.15) is 32.8 Å². The zero-order valence-corrected chi connectivity index (χ0v) is 12.1. The molecule has 0 radical (unpaired) electrons. The summed E-state index contributed by atoms with van der Waals surface area (Å²) in [5.41, 5.74) is 1.58. The van der Waals surface area contributed by atoms with Crippen LogP contribution in [0.2, 0.25) is 0 Å². The molecule has 0 aromatic heterocycles. The third kappa shape index (κ3) is 4.31. The van der Waals surface area contributed by atoms with Gasteiger partial charge in [-0.15, -0.1) is 0 Å². The van der Waals surface area contributed by atoms with Crippen LogP contribution in [0.3, 0.4) is 0 Å². The highest BCUT2D eigenvalue weighted by molar-refractivity contribution is 5.46. The van der Waals surface area contributed by atoms with E-state index in [-0.39, 0.29) is 12.2 Å². The minimum atomic E-state index is -0.394. The van der Waals surface area contributed by atoms with Crippen LogP contribution in [0.4, 0.5) is 5.69 Å². The number of benzene rings is 1. The Balaban J connectivity index is 2.79. The van der Waals surface area contributed by atoms with Crippen molar-refractivity contribution in [2.24, 2.45) is 0 Å². The van der Waals surface area contributed by atoms with E-state index in [1.165, 1.54) is 5.56 Å². The fourth-order valence-corrected chi connectivity index (χ4v) is 2.14. The Hall–Kier alpha value is -1.06. The number of anilines is 1. The summed E-state index contributed by atoms with van der Waals surface area (Å²) in [5, 5.41) is 13.0. The molecular weight excluding hydrogens is 226 g/mol. The number of aliphatic hydroxyl groups is 1. The molecule has 0 bridgehead atoms. The van der Waals surface area contributed by atoms with E-state index in [4.69, 9.17) is 4.74 Å². The van der Waals surface area contributed by atoms with Crippen LogP contribution in [-0.4, -0.2) is 30.0 Å². The molecule has 1 aromatic carbocycles. The largest absolute Gasteiger partial charge is 0.394 e. The van der Waals surface area contributed by atoms with Gasteiger partial charge in [0.1, 0.15) is 0 Å². The van der Waals surface area contributed by atoms with E-state index < -0.39 is 5.54 Å². The van der Waals surface area contributed by atoms with Crippen molar-refractivity contribution in [3.63, 3.8) is 0 Å². The number of aryl methyl sites for hydroxylation is 1. The van der Waals surface area contributed by atoms with Crippen molar-refractivity contribution in [3.05, 3.63) is 29.8 Å². The van der Waals surface area contributed by atoms with Crippen LogP contribution in [0.15, 0.2) is 24.3 Å². The zero-order valence-electron chi connectivity index (χ0n) is 12.1. The molecular formula is C15H25NO2. The van der Waals surface area contributed by atoms with Crippen molar-refractivity contribution in [1.82, 2.24) is 0 Å². The molecule has 0 saturated carbocycles. The van der Waals surface area contributed by atoms with Gasteiger partial charge < -0.3 is 15.2 Å². The number of aliphatic hydroxyl groups excluding tert-OH is 1. The van der Waals surface area contributed by atoms with Gasteiger partial charge in [-0.2, -0.15) is 0 Å². The van der Waals surface area contributed by atoms with Crippen LogP contribution in [-0.2, 0) is 4.74 Å². The van der Waals surface area contributed by atoms with Crippen molar-refractivity contribution >= 4 is 5.69 Å². The van der Waals surface area contributed by atoms with E-state index >= 15 is 0 Å². The molecule has 1 rings (SSSR count). The Morgan fingerprint density at radius 1 is 1.17 bits per heavy atom. The summed E-state index contributed by atoms with van der Waals surface area (Å²) in [7, 11) is 1.70. The maximum atomic E-state index is 9.64. The Bertz CT molecular complexity index is 373. The summed E-state index contributed by atoms with van der Waals surface area (Å²) < 4.78 is 5.44. The highest BCUT2D eigenvalue weighted by Gasteiger charge is 2.32. The lowest BCUT2D eigenvalue weighted by Crippen LogP contribution is -2.45. The van der Waals surface area contributed by atoms with E-state index in [9.17, 15) is 5.11 Å². The number of ether oxygens (including phenoxy) is 1. The lowest BCUT2D eigenvalue weighted by Gasteiger charge is -2.37. The second-order valence-electron chi connectivity index (χ2n) is 5.85. The molecule has 3 nitrogen and oxygen atoms in total. The smallest absolute Gasteiger partial charge is 0.0659 e. The third-order valence-electron chi connectivity index (χ3n) is 3.22. The van der Waals surface area contributed by atoms with E-state index in [0.29, 0.717) is 0 Å². The first kappa shape index (κ1) is 15.0. The molecule has 0 saturated heterocycles. The van der Waals surface area contributed by atoms with Crippen molar-refractivity contribution in [3.8, 4) is 0 Å². The first-order chi connectivity index (χ1) is 8.30. The lowest BCUT2D eigenvalue weighted by atomic mass is 9.88. The second kappa shape index (κ2) is 5.72. The summed E-state index contributed by atoms with van der Waals surface area (Å²) in [6.45, 7) is 8.18. The zero-order chi connectivity index (χ0) is 13.8. The van der Waals surface area contributed by atoms with Gasteiger partial charge in [0, 0.05) is 19.2 Å². The van der Waals surface area contributed by atoms with E-state index in [1.807, 2.05) is 32.9 Å². The van der Waals surface area contributed by atoms with Crippen molar-refractivity contribution in [2.75, 3.05) is 19.0 Å². The first-order valence-corrected chi connectivity index (χ1v) is 6.31. The molecule has 102 valence electrons. The van der Waals surface area contributed by atoms with Crippen LogP contribution >= 0.6 is 0 Å². The molecule has 1 aromatic rings. The SMILES string of the molecule is COC(C)(C)CC(C)(CO)Nc1ccc(C)cc1. The minimum Gasteiger partial charge on any atom is -0.394 e. The monoisotopic (exact) mass is 251 g/mol. The molecule has 0 spiro atoms. The molecule has 18 heavy (non-hydrogen) atoms. The fourth-order valence-electron chi connectivity index (χ4n) is 2.14. The number of hydrogen-bond acceptors (Lipinski definition) is 3. The van der Waals surface area contributed by atoms with E-state index in [0.717, 1.165) is 12.1 Å². The number of nitrogens with one attached hydrogen (secondary N) is 1. The van der Waals surface area contributed by atoms with Gasteiger partial charge in [0.25, 0.3) is 0 Å². The number of methoxy groups -OCH3 is 1. The number of rotatable bonds is 6. The molecule has 1 atom stereocenters.